The number of nitrogens with zero attached hydrogens (tertiary/aromatic N) is 2. The number of likely N-dealkylation sites (N-methyl/N-ethyl adjacent to an activating group) is 2. The fraction of sp³-hybridized carbons (Fsp3) is 0.818. The van der Waals surface area contributed by atoms with Gasteiger partial charge < -0.3 is 24.8 Å². The van der Waals surface area contributed by atoms with Crippen LogP contribution in [0.15, 0.2) is 0 Å². The van der Waals surface area contributed by atoms with Gasteiger partial charge in [-0.25, -0.2) is 0 Å². The van der Waals surface area contributed by atoms with Crippen LogP contribution in [0, 0.1) is 0 Å². The second-order valence-corrected chi connectivity index (χ2v) is 10.1. The van der Waals surface area contributed by atoms with Crippen LogP contribution < -0.4 is 35.4 Å². The molecule has 1 saturated heterocycles. The largest absolute Gasteiger partial charge is 1.00 e. The Balaban J connectivity index is 0. The minimum absolute atomic E-state index is 0. The van der Waals surface area contributed by atoms with Gasteiger partial charge in [0, 0.05) is 0 Å². The first-order valence-corrected chi connectivity index (χ1v) is 11.8. The van der Waals surface area contributed by atoms with Gasteiger partial charge in [0.2, 0.25) is 0 Å². The van der Waals surface area contributed by atoms with Crippen molar-refractivity contribution in [3.8, 4) is 0 Å². The molecule has 1 rings (SSSR count). The maximum Gasteiger partial charge on any atom is -1.00 e. The van der Waals surface area contributed by atoms with Gasteiger partial charge in [-0.05, 0) is 0 Å². The molecule has 2 N–H and O–H groups in total. The summed E-state index contributed by atoms with van der Waals surface area (Å²) in [6.45, 7) is 8.57. The molecule has 189 valence electrons. The fourth-order valence-electron chi connectivity index (χ4n) is 4.09. The van der Waals surface area contributed by atoms with Crippen molar-refractivity contribution < 1.29 is 64.4 Å². The van der Waals surface area contributed by atoms with Gasteiger partial charge in [-0.3, -0.25) is 0 Å². The van der Waals surface area contributed by atoms with Gasteiger partial charge in [-0.1, -0.05) is 0 Å². The first-order chi connectivity index (χ1) is 14.4. The molecule has 0 radical (unpaired) electrons. The molecule has 0 amide bonds. The van der Waals surface area contributed by atoms with E-state index in [1.54, 1.807) is 27.7 Å². The quantitative estimate of drug-likeness (QED) is 0.340. The first-order valence-electron chi connectivity index (χ1n) is 11.1. The maximum absolute atomic E-state index is 12.5. The smallest absolute Gasteiger partial charge is 1.00 e. The number of rotatable bonds is 4. The normalized spacial score (nSPS) is 29.3. The fourth-order valence-corrected chi connectivity index (χ4v) is 4.46. The average Bonchev–Trinajstić information content (AvgIpc) is 2.67. The summed E-state index contributed by atoms with van der Waals surface area (Å²) in [5.41, 5.74) is 0. The zero-order valence-corrected chi connectivity index (χ0v) is 23.7. The molecule has 0 saturated carbocycles. The topological polar surface area (TPSA) is 98.8 Å². The summed E-state index contributed by atoms with van der Waals surface area (Å²) in [7, 11) is 3.83. The summed E-state index contributed by atoms with van der Waals surface area (Å²) in [5.74, 6) is 0.248. The van der Waals surface area contributed by atoms with E-state index in [2.05, 4.69) is 10.6 Å². The molecule has 1 fully saturated rings. The average molecular weight is 542 g/mol. The van der Waals surface area contributed by atoms with E-state index in [1.807, 2.05) is 44.3 Å². The van der Waals surface area contributed by atoms with E-state index in [-0.39, 0.29) is 66.1 Å². The monoisotopic (exact) mass is 541 g/mol. The van der Waals surface area contributed by atoms with E-state index >= 15 is 0 Å². The predicted octanol–water partition coefficient (Wildman–Crippen LogP) is -5.68. The van der Waals surface area contributed by atoms with Crippen LogP contribution in [0.3, 0.4) is 0 Å². The third-order valence-corrected chi connectivity index (χ3v) is 7.96. The summed E-state index contributed by atoms with van der Waals surface area (Å²) in [6.07, 6.45) is 2.33. The number of hydrogen-bond acceptors (Lipinski definition) is 8. The standard InChI is InChI=1S/C22H39N4O4.2ClH.Ti/c1-15(27)19-7-11-23-20(16(2)28)9-13-25(5)22(18(4)30)10-14-26(6)21(17(3)29)8-12-24-19;;;/h19-20,22-24H,7-14H2,1-6H3;2*1H;/q;;;+2/p-2. The summed E-state index contributed by atoms with van der Waals surface area (Å²) in [4.78, 5) is 53.0. The number of hydrogen-bond donors (Lipinski definition) is 2. The minimum Gasteiger partial charge on any atom is -1.00 e. The van der Waals surface area contributed by atoms with Crippen LogP contribution in [0.2, 0.25) is 0 Å². The van der Waals surface area contributed by atoms with Gasteiger partial charge in [-0.15, -0.1) is 0 Å². The molecule has 0 aliphatic carbocycles. The Morgan fingerprint density at radius 2 is 1.30 bits per heavy atom. The number of halogens is 2. The number of ketones is 4. The van der Waals surface area contributed by atoms with Crippen molar-refractivity contribution in [1.82, 2.24) is 20.4 Å². The molecule has 0 aromatic heterocycles. The number of nitrogens with one attached hydrogen (secondary N) is 2. The van der Waals surface area contributed by atoms with Crippen LogP contribution in [0.25, 0.3) is 0 Å². The molecule has 33 heavy (non-hydrogen) atoms. The second kappa shape index (κ2) is 16.5. The third-order valence-electron chi connectivity index (χ3n) is 6.43. The van der Waals surface area contributed by atoms with Crippen molar-refractivity contribution in [2.45, 2.75) is 75.3 Å². The number of carbonyl (C=O) groups is 4. The van der Waals surface area contributed by atoms with E-state index in [9.17, 15) is 19.2 Å². The van der Waals surface area contributed by atoms with Crippen LogP contribution in [0.5, 0.6) is 0 Å². The molecule has 1 aliphatic rings. The van der Waals surface area contributed by atoms with Crippen LogP contribution in [-0.2, 0) is 39.6 Å². The zero-order valence-electron chi connectivity index (χ0n) is 20.7. The number of carbonyl (C=O) groups excluding carboxylic acids is 4. The van der Waals surface area contributed by atoms with E-state index in [1.165, 1.54) is 0 Å². The summed E-state index contributed by atoms with van der Waals surface area (Å²) in [5, 5.41) is 6.57. The molecule has 11 heteroatoms. The Morgan fingerprint density at radius 3 is 1.79 bits per heavy atom. The summed E-state index contributed by atoms with van der Waals surface area (Å²) < 4.78 is -0.677. The van der Waals surface area contributed by atoms with Crippen molar-refractivity contribution in [1.29, 1.82) is 0 Å². The number of Topliss-reactive ketones (excluding diaryl/α,β-unsaturated/α-hetero) is 4. The van der Waals surface area contributed by atoms with Crippen LogP contribution in [0.4, 0.5) is 0 Å². The van der Waals surface area contributed by atoms with Crippen molar-refractivity contribution in [2.75, 3.05) is 40.3 Å². The third kappa shape index (κ3) is 11.0. The molecular weight excluding hydrogens is 503 g/mol. The van der Waals surface area contributed by atoms with E-state index in [0.29, 0.717) is 51.9 Å². The van der Waals surface area contributed by atoms with Crippen LogP contribution >= 0.6 is 0 Å². The van der Waals surface area contributed by atoms with Crippen molar-refractivity contribution in [3.05, 3.63) is 0 Å². The van der Waals surface area contributed by atoms with E-state index in [0.717, 1.165) is 0 Å². The minimum atomic E-state index is -0.677. The molecule has 0 aromatic rings. The molecular formula is C22H39Cl2N4O4Ti. The Labute approximate surface area is 222 Å². The van der Waals surface area contributed by atoms with Crippen LogP contribution in [-0.4, -0.2) is 95.2 Å². The van der Waals surface area contributed by atoms with Crippen LogP contribution in [0.1, 0.15) is 53.4 Å². The molecule has 1 aliphatic heterocycles. The second-order valence-electron chi connectivity index (χ2n) is 8.80. The molecule has 4 atom stereocenters. The Bertz CT molecular complexity index is 670. The van der Waals surface area contributed by atoms with Crippen molar-refractivity contribution >= 4 is 23.1 Å². The predicted molar refractivity (Wildman–Crippen MR) is 117 cm³/mol. The first kappa shape index (κ1) is 35.0. The summed E-state index contributed by atoms with van der Waals surface area (Å²) >= 11 is 1.93. The SMILES string of the molecule is CC(=O)C1CCNC(C(C)=O)CCN(C)C(C(C)=O)CCN(C)[C]([Ti+2])(C(C)=O)CCN1.[Cl-].[Cl-]. The van der Waals surface area contributed by atoms with E-state index in [4.69, 9.17) is 0 Å². The van der Waals surface area contributed by atoms with Gasteiger partial charge in [0.1, 0.15) is 0 Å². The molecule has 4 unspecified atom stereocenters. The molecule has 8 nitrogen and oxygen atoms in total. The molecule has 0 bridgehead atoms. The maximum atomic E-state index is 12.5. The zero-order chi connectivity index (χ0) is 23.8. The van der Waals surface area contributed by atoms with Crippen molar-refractivity contribution in [3.63, 3.8) is 0 Å². The Hall–Kier alpha value is -0.186. The van der Waals surface area contributed by atoms with Gasteiger partial charge in [-0.2, -0.15) is 0 Å². The molecule has 0 aromatic carbocycles. The van der Waals surface area contributed by atoms with Gasteiger partial charge in [0.25, 0.3) is 0 Å². The van der Waals surface area contributed by atoms with Gasteiger partial charge >= 0.3 is 199 Å². The van der Waals surface area contributed by atoms with E-state index < -0.39 is 3.84 Å². The Kier molecular flexibility index (Phi) is 17.5. The van der Waals surface area contributed by atoms with Gasteiger partial charge in [0.05, 0.1) is 0 Å². The summed E-state index contributed by atoms with van der Waals surface area (Å²) in [6, 6.07) is -0.891. The Morgan fingerprint density at radius 1 is 0.788 bits per heavy atom. The molecule has 0 spiro atoms. The van der Waals surface area contributed by atoms with Gasteiger partial charge in [0.15, 0.2) is 0 Å². The molecule has 1 heterocycles. The van der Waals surface area contributed by atoms with Crippen molar-refractivity contribution in [2.24, 2.45) is 0 Å².